The van der Waals surface area contributed by atoms with Crippen molar-refractivity contribution in [3.8, 4) is 23.0 Å². The molecule has 0 aliphatic heterocycles. The van der Waals surface area contributed by atoms with Gasteiger partial charge in [0.2, 0.25) is 0 Å². The number of benzene rings is 2. The van der Waals surface area contributed by atoms with E-state index in [2.05, 4.69) is 6.58 Å². The van der Waals surface area contributed by atoms with Gasteiger partial charge < -0.3 is 24.4 Å². The molecule has 0 aromatic heterocycles. The molecule has 0 aliphatic carbocycles. The van der Waals surface area contributed by atoms with Crippen molar-refractivity contribution in [2.24, 2.45) is 0 Å². The van der Waals surface area contributed by atoms with Crippen LogP contribution in [0.15, 0.2) is 48.6 Å². The normalized spacial score (nSPS) is 11.6. The van der Waals surface area contributed by atoms with Crippen molar-refractivity contribution in [3.05, 3.63) is 65.3 Å². The molecule has 9 nitrogen and oxygen atoms in total. The number of hydrogen-bond acceptors (Lipinski definition) is 9. The first kappa shape index (κ1) is 27.0. The number of aliphatic hydroxyl groups excluding tert-OH is 1. The number of rotatable bonds is 9. The van der Waals surface area contributed by atoms with Crippen molar-refractivity contribution in [2.45, 2.75) is 40.2 Å². The van der Waals surface area contributed by atoms with Crippen LogP contribution in [0.25, 0.3) is 6.08 Å². The second-order valence-corrected chi connectivity index (χ2v) is 7.68. The Morgan fingerprint density at radius 1 is 0.914 bits per heavy atom. The summed E-state index contributed by atoms with van der Waals surface area (Å²) in [5.74, 6) is -2.66. The zero-order valence-electron chi connectivity index (χ0n) is 19.8. The van der Waals surface area contributed by atoms with E-state index in [-0.39, 0.29) is 34.8 Å². The first-order valence-electron chi connectivity index (χ1n) is 10.5. The number of hydrogen-bond donors (Lipinski definition) is 2. The number of aromatic hydroxyl groups is 1. The fourth-order valence-electron chi connectivity index (χ4n) is 3.01. The van der Waals surface area contributed by atoms with Crippen molar-refractivity contribution in [2.75, 3.05) is 0 Å². The van der Waals surface area contributed by atoms with Crippen LogP contribution in [-0.2, 0) is 20.8 Å². The molecule has 2 N–H and O–H groups in total. The SMILES string of the molecule is C=C(C)C(O)Cc1c(OC(C)=O)ccc(C(=O)/C=C/c2ccc(OC(C)=O)cc2OC(C)=O)c1O. The Hall–Kier alpha value is -4.24. The quantitative estimate of drug-likeness (QED) is 0.181. The molecule has 184 valence electrons. The van der Waals surface area contributed by atoms with Crippen molar-refractivity contribution < 1.29 is 43.6 Å². The fraction of sp³-hybridized carbons (Fsp3) is 0.231. The molecule has 2 aromatic carbocycles. The molecule has 0 bridgehead atoms. The molecule has 2 aromatic rings. The maximum atomic E-state index is 12.9. The molecule has 0 spiro atoms. The number of ketones is 1. The molecule has 1 unspecified atom stereocenters. The van der Waals surface area contributed by atoms with Gasteiger partial charge in [-0.2, -0.15) is 0 Å². The Morgan fingerprint density at radius 2 is 1.51 bits per heavy atom. The molecule has 0 fully saturated rings. The van der Waals surface area contributed by atoms with E-state index in [9.17, 15) is 29.4 Å². The number of allylic oxidation sites excluding steroid dienone is 1. The van der Waals surface area contributed by atoms with E-state index in [1.54, 1.807) is 6.92 Å². The molecule has 9 heteroatoms. The average Bonchev–Trinajstić information content (AvgIpc) is 2.74. The van der Waals surface area contributed by atoms with E-state index in [0.717, 1.165) is 6.08 Å². The Morgan fingerprint density at radius 3 is 2.09 bits per heavy atom. The first-order chi connectivity index (χ1) is 16.4. The minimum Gasteiger partial charge on any atom is -0.507 e. The lowest BCUT2D eigenvalue weighted by molar-refractivity contribution is -0.133. The molecule has 0 saturated carbocycles. The third-order valence-electron chi connectivity index (χ3n) is 4.64. The first-order valence-corrected chi connectivity index (χ1v) is 10.5. The highest BCUT2D eigenvalue weighted by molar-refractivity contribution is 6.09. The van der Waals surface area contributed by atoms with Gasteiger partial charge in [0.05, 0.1) is 11.7 Å². The van der Waals surface area contributed by atoms with Gasteiger partial charge in [0.25, 0.3) is 0 Å². The summed E-state index contributed by atoms with van der Waals surface area (Å²) in [6.45, 7) is 8.86. The van der Waals surface area contributed by atoms with Crippen LogP contribution >= 0.6 is 0 Å². The van der Waals surface area contributed by atoms with Gasteiger partial charge in [-0.15, -0.1) is 0 Å². The Labute approximate surface area is 202 Å². The maximum Gasteiger partial charge on any atom is 0.308 e. The van der Waals surface area contributed by atoms with Gasteiger partial charge in [-0.3, -0.25) is 19.2 Å². The second-order valence-electron chi connectivity index (χ2n) is 7.68. The third-order valence-corrected chi connectivity index (χ3v) is 4.64. The van der Waals surface area contributed by atoms with E-state index in [4.69, 9.17) is 14.2 Å². The summed E-state index contributed by atoms with van der Waals surface area (Å²) in [6, 6.07) is 6.91. The van der Waals surface area contributed by atoms with Gasteiger partial charge in [-0.25, -0.2) is 0 Å². The molecule has 0 heterocycles. The van der Waals surface area contributed by atoms with Crippen LogP contribution < -0.4 is 14.2 Å². The van der Waals surface area contributed by atoms with Crippen molar-refractivity contribution in [1.29, 1.82) is 0 Å². The summed E-state index contributed by atoms with van der Waals surface area (Å²) >= 11 is 0. The number of aliphatic hydroxyl groups is 1. The predicted octanol–water partition coefficient (Wildman–Crippen LogP) is 3.54. The van der Waals surface area contributed by atoms with Crippen LogP contribution in [0.5, 0.6) is 23.0 Å². The van der Waals surface area contributed by atoms with Crippen LogP contribution in [0.3, 0.4) is 0 Å². The third kappa shape index (κ3) is 7.65. The smallest absolute Gasteiger partial charge is 0.308 e. The highest BCUT2D eigenvalue weighted by atomic mass is 16.5. The predicted molar refractivity (Wildman–Crippen MR) is 126 cm³/mol. The fourth-order valence-corrected chi connectivity index (χ4v) is 3.01. The molecular weight excluding hydrogens is 456 g/mol. The van der Waals surface area contributed by atoms with Crippen LogP contribution in [-0.4, -0.2) is 40.0 Å². The Balaban J connectivity index is 2.44. The van der Waals surface area contributed by atoms with Gasteiger partial charge in [0, 0.05) is 44.4 Å². The molecule has 0 saturated heterocycles. The largest absolute Gasteiger partial charge is 0.507 e. The molecule has 0 amide bonds. The lowest BCUT2D eigenvalue weighted by Gasteiger charge is -2.16. The Bertz CT molecular complexity index is 1210. The van der Waals surface area contributed by atoms with Gasteiger partial charge in [-0.1, -0.05) is 12.2 Å². The number of carbonyl (C=O) groups excluding carboxylic acids is 4. The van der Waals surface area contributed by atoms with Gasteiger partial charge >= 0.3 is 17.9 Å². The molecule has 0 aliphatic rings. The lowest BCUT2D eigenvalue weighted by Crippen LogP contribution is -2.14. The van der Waals surface area contributed by atoms with E-state index in [1.165, 1.54) is 57.2 Å². The summed E-state index contributed by atoms with van der Waals surface area (Å²) in [6.07, 6.45) is 1.33. The molecule has 1 atom stereocenters. The minimum atomic E-state index is -1.04. The van der Waals surface area contributed by atoms with Crippen LogP contribution in [0.4, 0.5) is 0 Å². The second kappa shape index (κ2) is 11.8. The van der Waals surface area contributed by atoms with Crippen molar-refractivity contribution in [1.82, 2.24) is 0 Å². The standard InChI is InChI=1S/C26H26O9/c1-14(2)23(31)13-21-24(34-16(4)28)11-9-20(26(21)32)22(30)10-7-18-6-8-19(33-15(3)27)12-25(18)35-17(5)29/h6-12,23,31-32H,1,13H2,2-5H3/b10-7+. The summed E-state index contributed by atoms with van der Waals surface area (Å²) in [7, 11) is 0. The zero-order chi connectivity index (χ0) is 26.3. The number of carbonyl (C=O) groups is 4. The number of ether oxygens (including phenoxy) is 3. The van der Waals surface area contributed by atoms with Gasteiger partial charge in [0.15, 0.2) is 5.78 Å². The van der Waals surface area contributed by atoms with E-state index in [0.29, 0.717) is 11.1 Å². The monoisotopic (exact) mass is 482 g/mol. The number of esters is 3. The van der Waals surface area contributed by atoms with Crippen LogP contribution in [0.2, 0.25) is 0 Å². The number of phenols is 1. The van der Waals surface area contributed by atoms with Gasteiger partial charge in [0.1, 0.15) is 23.0 Å². The zero-order valence-corrected chi connectivity index (χ0v) is 19.8. The van der Waals surface area contributed by atoms with E-state index in [1.807, 2.05) is 0 Å². The molecule has 35 heavy (non-hydrogen) atoms. The summed E-state index contributed by atoms with van der Waals surface area (Å²) in [5.41, 5.74) is 0.719. The van der Waals surface area contributed by atoms with Gasteiger partial charge in [-0.05, 0) is 43.3 Å². The highest BCUT2D eigenvalue weighted by Gasteiger charge is 2.21. The van der Waals surface area contributed by atoms with Crippen molar-refractivity contribution in [3.63, 3.8) is 0 Å². The Kier molecular flexibility index (Phi) is 9.07. The van der Waals surface area contributed by atoms with E-state index >= 15 is 0 Å². The summed E-state index contributed by atoms with van der Waals surface area (Å²) in [5, 5.41) is 21.0. The number of phenolic OH excluding ortho intramolecular Hbond substituents is 1. The van der Waals surface area contributed by atoms with E-state index < -0.39 is 35.5 Å². The average molecular weight is 482 g/mol. The maximum absolute atomic E-state index is 12.9. The van der Waals surface area contributed by atoms with Crippen molar-refractivity contribution >= 4 is 29.8 Å². The highest BCUT2D eigenvalue weighted by Crippen LogP contribution is 2.34. The molecule has 0 radical (unpaired) electrons. The topological polar surface area (TPSA) is 136 Å². The lowest BCUT2D eigenvalue weighted by atomic mass is 9.97. The summed E-state index contributed by atoms with van der Waals surface area (Å²) in [4.78, 5) is 47.0. The van der Waals surface area contributed by atoms with Crippen LogP contribution in [0.1, 0.15) is 49.2 Å². The minimum absolute atomic E-state index is 0.00836. The molecule has 2 rings (SSSR count). The summed E-state index contributed by atoms with van der Waals surface area (Å²) < 4.78 is 15.2. The molecular formula is C26H26O9. The van der Waals surface area contributed by atoms with Crippen LogP contribution in [0, 0.1) is 0 Å².